The van der Waals surface area contributed by atoms with Crippen molar-refractivity contribution in [2.45, 2.75) is 12.3 Å². The molecule has 0 saturated carbocycles. The van der Waals surface area contributed by atoms with Gasteiger partial charge in [-0.2, -0.15) is 0 Å². The minimum Gasteiger partial charge on any atom is -0.329 e. The van der Waals surface area contributed by atoms with Crippen LogP contribution in [0.4, 0.5) is 8.78 Å². The molecule has 2 rings (SSSR count). The van der Waals surface area contributed by atoms with E-state index in [1.807, 2.05) is 4.90 Å². The van der Waals surface area contributed by atoms with Gasteiger partial charge in [0.05, 0.1) is 19.6 Å². The van der Waals surface area contributed by atoms with E-state index in [2.05, 4.69) is 0 Å². The van der Waals surface area contributed by atoms with Crippen LogP contribution in [0.1, 0.15) is 6.42 Å². The molecule has 0 bridgehead atoms. The minimum atomic E-state index is -2.63. The second-order valence-electron chi connectivity index (χ2n) is 3.74. The maximum absolute atomic E-state index is 12.4. The lowest BCUT2D eigenvalue weighted by molar-refractivity contribution is -0.167. The third-order valence-electron chi connectivity index (χ3n) is 2.50. The van der Waals surface area contributed by atoms with Gasteiger partial charge in [0.1, 0.15) is 0 Å². The van der Waals surface area contributed by atoms with E-state index in [0.29, 0.717) is 6.54 Å². The van der Waals surface area contributed by atoms with Crippen molar-refractivity contribution in [2.75, 3.05) is 32.7 Å². The van der Waals surface area contributed by atoms with Crippen molar-refractivity contribution in [3.63, 3.8) is 0 Å². The zero-order valence-electron chi connectivity index (χ0n) is 7.30. The van der Waals surface area contributed by atoms with E-state index in [-0.39, 0.29) is 19.0 Å². The van der Waals surface area contributed by atoms with Crippen molar-refractivity contribution >= 4 is 5.91 Å². The Kier molecular flexibility index (Phi) is 1.98. The quantitative estimate of drug-likeness (QED) is 0.619. The van der Waals surface area contributed by atoms with Gasteiger partial charge < -0.3 is 4.90 Å². The number of likely N-dealkylation sites (tertiary alicyclic amines) is 2. The van der Waals surface area contributed by atoms with Crippen molar-refractivity contribution in [3.8, 4) is 0 Å². The van der Waals surface area contributed by atoms with Crippen molar-refractivity contribution < 1.29 is 13.6 Å². The largest absolute Gasteiger partial charge is 0.329 e. The van der Waals surface area contributed by atoms with Crippen LogP contribution in [0.2, 0.25) is 0 Å². The number of hydrogen-bond acceptors (Lipinski definition) is 2. The fourth-order valence-electron chi connectivity index (χ4n) is 1.52. The van der Waals surface area contributed by atoms with Gasteiger partial charge >= 0.3 is 0 Å². The number of alkyl halides is 2. The van der Waals surface area contributed by atoms with E-state index < -0.39 is 5.92 Å². The van der Waals surface area contributed by atoms with Gasteiger partial charge in [0, 0.05) is 0 Å². The number of hydrogen-bond donors (Lipinski definition) is 0. The summed E-state index contributed by atoms with van der Waals surface area (Å²) in [5.74, 6) is -2.80. The maximum atomic E-state index is 12.4. The van der Waals surface area contributed by atoms with E-state index in [1.54, 1.807) is 0 Å². The standard InChI is InChI=1S/C8H12F2N2O/c9-8(10)5-12(6-8)7(13)4-11-2-1-3-11/h1-6H2. The Bertz CT molecular complexity index is 220. The molecule has 74 valence electrons. The fourth-order valence-corrected chi connectivity index (χ4v) is 1.52. The highest BCUT2D eigenvalue weighted by atomic mass is 19.3. The van der Waals surface area contributed by atoms with Gasteiger partial charge in [0.15, 0.2) is 0 Å². The van der Waals surface area contributed by atoms with E-state index in [1.165, 1.54) is 4.90 Å². The predicted molar refractivity (Wildman–Crippen MR) is 42.6 cm³/mol. The summed E-state index contributed by atoms with van der Waals surface area (Å²) in [6.45, 7) is 1.39. The van der Waals surface area contributed by atoms with E-state index in [4.69, 9.17) is 0 Å². The van der Waals surface area contributed by atoms with Gasteiger partial charge in [-0.05, 0) is 19.5 Å². The Labute approximate surface area is 75.3 Å². The Morgan fingerprint density at radius 2 is 1.92 bits per heavy atom. The van der Waals surface area contributed by atoms with Gasteiger partial charge in [-0.1, -0.05) is 0 Å². The number of halogens is 2. The van der Waals surface area contributed by atoms with Gasteiger partial charge in [-0.3, -0.25) is 9.69 Å². The van der Waals surface area contributed by atoms with Crippen LogP contribution in [-0.4, -0.2) is 54.4 Å². The SMILES string of the molecule is O=C(CN1CCC1)N1CC(F)(F)C1. The number of carbonyl (C=O) groups excluding carboxylic acids is 1. The highest BCUT2D eigenvalue weighted by Gasteiger charge is 2.46. The molecule has 0 aromatic carbocycles. The number of rotatable bonds is 2. The molecule has 0 aromatic heterocycles. The zero-order chi connectivity index (χ0) is 9.47. The first-order valence-electron chi connectivity index (χ1n) is 4.45. The molecule has 0 spiro atoms. The molecule has 0 unspecified atom stereocenters. The Morgan fingerprint density at radius 1 is 1.31 bits per heavy atom. The monoisotopic (exact) mass is 190 g/mol. The lowest BCUT2D eigenvalue weighted by Crippen LogP contribution is -2.60. The van der Waals surface area contributed by atoms with Gasteiger partial charge in [0.25, 0.3) is 5.92 Å². The first-order valence-corrected chi connectivity index (χ1v) is 4.45. The third kappa shape index (κ3) is 1.80. The van der Waals surface area contributed by atoms with Crippen LogP contribution in [0.5, 0.6) is 0 Å². The van der Waals surface area contributed by atoms with Crippen LogP contribution in [0.15, 0.2) is 0 Å². The lowest BCUT2D eigenvalue weighted by atomic mass is 10.1. The highest BCUT2D eigenvalue weighted by molar-refractivity contribution is 5.79. The molecule has 2 heterocycles. The first-order chi connectivity index (χ1) is 6.07. The second kappa shape index (κ2) is 2.90. The summed E-state index contributed by atoms with van der Waals surface area (Å²) in [7, 11) is 0. The summed E-state index contributed by atoms with van der Waals surface area (Å²) in [6.07, 6.45) is 1.11. The number of carbonyl (C=O) groups is 1. The molecule has 13 heavy (non-hydrogen) atoms. The van der Waals surface area contributed by atoms with Crippen molar-refractivity contribution in [2.24, 2.45) is 0 Å². The number of nitrogens with zero attached hydrogens (tertiary/aromatic N) is 2. The summed E-state index contributed by atoms with van der Waals surface area (Å²) in [4.78, 5) is 14.5. The fraction of sp³-hybridized carbons (Fsp3) is 0.875. The maximum Gasteiger partial charge on any atom is 0.282 e. The van der Waals surface area contributed by atoms with Crippen LogP contribution >= 0.6 is 0 Å². The van der Waals surface area contributed by atoms with Crippen LogP contribution in [0, 0.1) is 0 Å². The Morgan fingerprint density at radius 3 is 2.31 bits per heavy atom. The summed E-state index contributed by atoms with van der Waals surface area (Å²) in [5.41, 5.74) is 0. The van der Waals surface area contributed by atoms with Crippen LogP contribution in [0.25, 0.3) is 0 Å². The Balaban J connectivity index is 1.73. The zero-order valence-corrected chi connectivity index (χ0v) is 7.30. The van der Waals surface area contributed by atoms with Gasteiger partial charge in [0.2, 0.25) is 5.91 Å². The molecule has 3 nitrogen and oxygen atoms in total. The van der Waals surface area contributed by atoms with Crippen molar-refractivity contribution in [1.29, 1.82) is 0 Å². The molecule has 2 saturated heterocycles. The van der Waals surface area contributed by atoms with E-state index in [9.17, 15) is 13.6 Å². The first kappa shape index (κ1) is 8.87. The van der Waals surface area contributed by atoms with Crippen molar-refractivity contribution in [1.82, 2.24) is 9.80 Å². The lowest BCUT2D eigenvalue weighted by Gasteiger charge is -2.40. The molecule has 0 radical (unpaired) electrons. The molecule has 2 aliphatic heterocycles. The molecule has 1 amide bonds. The summed E-state index contributed by atoms with van der Waals surface area (Å²) < 4.78 is 24.7. The molecule has 0 aromatic rings. The topological polar surface area (TPSA) is 23.6 Å². The van der Waals surface area contributed by atoms with Crippen molar-refractivity contribution in [3.05, 3.63) is 0 Å². The minimum absolute atomic E-state index is 0.161. The molecule has 0 atom stereocenters. The molecule has 5 heteroatoms. The summed E-state index contributed by atoms with van der Waals surface area (Å²) in [5, 5.41) is 0. The molecule has 2 fully saturated rings. The predicted octanol–water partition coefficient (Wildman–Crippen LogP) is 0.170. The molecule has 2 aliphatic rings. The Hall–Kier alpha value is -0.710. The molecule has 0 N–H and O–H groups in total. The average molecular weight is 190 g/mol. The van der Waals surface area contributed by atoms with Crippen LogP contribution in [-0.2, 0) is 4.79 Å². The van der Waals surface area contributed by atoms with E-state index >= 15 is 0 Å². The number of amides is 1. The van der Waals surface area contributed by atoms with Gasteiger partial charge in [-0.15, -0.1) is 0 Å². The highest BCUT2D eigenvalue weighted by Crippen LogP contribution is 2.26. The summed E-state index contributed by atoms with van der Waals surface area (Å²) in [6, 6.07) is 0. The summed E-state index contributed by atoms with van der Waals surface area (Å²) >= 11 is 0. The molecular weight excluding hydrogens is 178 g/mol. The average Bonchev–Trinajstić information content (AvgIpc) is 1.91. The second-order valence-corrected chi connectivity index (χ2v) is 3.74. The van der Waals surface area contributed by atoms with Crippen LogP contribution < -0.4 is 0 Å². The van der Waals surface area contributed by atoms with E-state index in [0.717, 1.165) is 19.5 Å². The normalized spacial score (nSPS) is 26.5. The van der Waals surface area contributed by atoms with Crippen LogP contribution in [0.3, 0.4) is 0 Å². The smallest absolute Gasteiger partial charge is 0.282 e. The third-order valence-corrected chi connectivity index (χ3v) is 2.50. The molecule has 0 aliphatic carbocycles. The van der Waals surface area contributed by atoms with Gasteiger partial charge in [-0.25, -0.2) is 8.78 Å². The molecular formula is C8H12F2N2O.